The standard InChI is InChI=1S/C27H27N3O.C20H21N3O.H48P46.H47P45/c1-19(2)22-13-15-24(16-14-22)30-27-26(31-17-21-7-5-4-6-8-21)25(28-18-29-27)23-11-9-20(3)10-12-23;1-13(2)15-8-10-17(11-9-15)23-20-19(24)18(21-12-22-20)16-6-4-14(3)5-7-16;1-25(2)37(26(3)4)43(38(27(5)6)28(7)8)46(44(39(29(9)10)30(11)12)40(31(13)14)32(15)16)45(41(33(17)18)34(19)20)42(35(21)22)36(23)24;1-24-36(25(2)3)42(37(26(4)5)27(6)7)45(43(38(28(8)9)29(10)11)39(30(12)13)31(14)15)44(40(32(16)17)33(18)19)41(34(20)21)35(22)23/h4-16,18-19H,17H2,1-3H3,(H,28,29,30);4-13,24H,1-3H3,(H,21,22,23);1-24H2;24H,1-23H2. The van der Waals surface area contributed by atoms with E-state index in [1.807, 2.05) is 73.7 Å². The van der Waals surface area contributed by atoms with Crippen molar-refractivity contribution in [1.29, 1.82) is 0 Å². The Morgan fingerprint density at radius 2 is 0.479 bits per heavy atom. The van der Waals surface area contributed by atoms with Gasteiger partial charge >= 0.3 is 0 Å². The Labute approximate surface area is 1040 Å². The van der Waals surface area contributed by atoms with Crippen LogP contribution in [0.2, 0.25) is 0 Å². The molecule has 3 N–H and O–H groups in total. The number of aromatic nitrogens is 4. The molecule has 0 fully saturated rings. The van der Waals surface area contributed by atoms with E-state index < -0.39 is 0 Å². The molecule has 50 atom stereocenters. The average Bonchev–Trinajstić information content (AvgIpc) is 0.739. The molecule has 0 saturated carbocycles. The highest BCUT2D eigenvalue weighted by Crippen LogP contribution is 3.48. The minimum Gasteiger partial charge on any atom is -0.503 e. The van der Waals surface area contributed by atoms with E-state index in [4.69, 9.17) is 4.74 Å². The number of nitrogens with one attached hydrogen (secondary N) is 2. The molecule has 0 spiro atoms. The molecular weight excluding hydrogens is 3500 g/mol. The topological polar surface area (TPSA) is 105 Å². The van der Waals surface area contributed by atoms with E-state index in [2.05, 4.69) is 545 Å². The second-order valence-electron chi connectivity index (χ2n) is 28.4. The molecule has 146 heavy (non-hydrogen) atoms. The summed E-state index contributed by atoms with van der Waals surface area (Å²) in [5, 5.41) is 17.1. The van der Waals surface area contributed by atoms with Crippen LogP contribution >= 0.6 is 728 Å². The maximum Gasteiger partial charge on any atom is 0.188 e. The van der Waals surface area contributed by atoms with E-state index in [1.165, 1.54) is 23.0 Å². The maximum absolute atomic E-state index is 10.5. The first kappa shape index (κ1) is 171. The number of ether oxygens (including phenoxy) is 1. The van der Waals surface area contributed by atoms with Gasteiger partial charge in [0.15, 0.2) is 23.1 Å². The highest BCUT2D eigenvalue weighted by atomic mass is 33.6. The van der Waals surface area contributed by atoms with E-state index in [-0.39, 0.29) is 306 Å². The summed E-state index contributed by atoms with van der Waals surface area (Å²) >= 11 is 0. The lowest BCUT2D eigenvalue weighted by Crippen LogP contribution is -2.04. The zero-order valence-corrected chi connectivity index (χ0v) is 173. The number of anilines is 4. The Kier molecular flexibility index (Phi) is 108. The largest absolute Gasteiger partial charge is 0.503 e. The van der Waals surface area contributed by atoms with Crippen LogP contribution in [0.4, 0.5) is 23.0 Å². The number of aryl methyl sites for hydroxylation is 2. The van der Waals surface area contributed by atoms with Crippen LogP contribution in [-0.2, 0) is 6.61 Å². The van der Waals surface area contributed by atoms with Crippen molar-refractivity contribution in [2.75, 3.05) is 10.6 Å². The Morgan fingerprint density at radius 3 is 0.719 bits per heavy atom. The first-order valence-corrected chi connectivity index (χ1v) is 204. The molecule has 828 valence electrons. The predicted molar refractivity (Wildman–Crippen MR) is 987 cm³/mol. The zero-order valence-electron chi connectivity index (χ0n) is 79.2. The van der Waals surface area contributed by atoms with Gasteiger partial charge < -0.3 is 20.5 Å². The fraction of sp³-hybridized carbons (Fsp3) is 0.191. The highest BCUT2D eigenvalue weighted by Gasteiger charge is 2.61. The van der Waals surface area contributed by atoms with Gasteiger partial charge in [-0.05, 0) is 367 Å². The number of hydrogen-bond acceptors (Lipinski definition) is 8. The van der Waals surface area contributed by atoms with Gasteiger partial charge in [-0.1, -0.05) is 150 Å². The molecule has 50 unspecified atom stereocenters. The summed E-state index contributed by atoms with van der Waals surface area (Å²) in [6, 6.07) is 42.8. The Bertz CT molecular complexity index is 4440. The fourth-order valence-corrected chi connectivity index (χ4v) is 1290. The maximum atomic E-state index is 10.5. The molecule has 0 bridgehead atoms. The predicted octanol–water partition coefficient (Wildman–Crippen LogP) is 64.9. The van der Waals surface area contributed by atoms with Crippen molar-refractivity contribution in [3.63, 3.8) is 0 Å². The Balaban J connectivity index is 0.000000416. The van der Waals surface area contributed by atoms with Crippen LogP contribution in [-0.4, -0.2) is 25.0 Å². The third-order valence-electron chi connectivity index (χ3n) is 17.0. The van der Waals surface area contributed by atoms with E-state index in [0.717, 1.165) is 47.3 Å². The van der Waals surface area contributed by atoms with Crippen molar-refractivity contribution >= 4 is 751 Å². The molecule has 7 aromatic rings. The number of nitrogens with zero attached hydrogens (tertiary/aromatic N) is 4. The van der Waals surface area contributed by atoms with Gasteiger partial charge in [-0.15, -0.1) is 420 Å². The van der Waals surface area contributed by atoms with Crippen LogP contribution in [0.5, 0.6) is 11.5 Å². The fourth-order valence-electron chi connectivity index (χ4n) is 11.1. The third-order valence-corrected chi connectivity index (χ3v) is 638. The molecule has 0 saturated heterocycles. The lowest BCUT2D eigenvalue weighted by atomic mass is 10.0. The van der Waals surface area contributed by atoms with Gasteiger partial charge in [-0.25, -0.2) is 19.9 Å². The smallest absolute Gasteiger partial charge is 0.188 e. The van der Waals surface area contributed by atoms with Crippen LogP contribution in [0.3, 0.4) is 0 Å². The van der Waals surface area contributed by atoms with Gasteiger partial charge in [0.05, 0.1) is 0 Å². The molecule has 2 heterocycles. The Morgan fingerprint density at radius 1 is 0.260 bits per heavy atom. The van der Waals surface area contributed by atoms with Crippen LogP contribution in [0.25, 0.3) is 22.5 Å². The summed E-state index contributed by atoms with van der Waals surface area (Å²) in [5.74, 6) is 2.72. The van der Waals surface area contributed by atoms with Crippen LogP contribution in [0.1, 0.15) is 67.3 Å². The highest BCUT2D eigenvalue weighted by molar-refractivity contribution is 9.54. The number of aromatic hydroxyl groups is 1. The molecule has 7 rings (SSSR count). The van der Waals surface area contributed by atoms with E-state index in [0.29, 0.717) is 41.5 Å². The van der Waals surface area contributed by atoms with Crippen molar-refractivity contribution < 1.29 is 9.84 Å². The molecule has 0 amide bonds. The zero-order chi connectivity index (χ0) is 111. The molecular formula is C47H143N6O2P91. The van der Waals surface area contributed by atoms with Gasteiger partial charge in [0.2, 0.25) is 0 Å². The summed E-state index contributed by atoms with van der Waals surface area (Å²) < 4.78 is 6.29. The molecule has 2 aromatic heterocycles. The lowest BCUT2D eigenvalue weighted by molar-refractivity contribution is 0.307. The third kappa shape index (κ3) is 59.1. The lowest BCUT2D eigenvalue weighted by Gasteiger charge is -2.57. The second kappa shape index (κ2) is 92.6. The minimum atomic E-state index is -0.168. The SMILES string of the molecule is Cc1ccc(-c2ncnc(Nc3ccc(C(C)C)cc3)c2O)cc1.Cc1ccc(-c2ncnc(Nc3ccc(C(C)C)cc3)c2OCc2ccccc2)cc1.PP(P)P(P(P)P)P(P(P(P)P)P(P)P)P(P(P(P(P)P)P(P)P)P(P(P)P)P(P)P)P(P(P(P)P)P(P)P)P(P(P)P)P(P)P.PPP(P(P)P)P(P(P(P)P)P(P)P)P(P(P(P(P)P)P(P)P)P(P(P)P)P(P)P)P(P(P(P)P)P(P)P)P(P(P)P)P(P)P. The molecule has 0 aliphatic heterocycles. The number of rotatable bonds is 53. The van der Waals surface area contributed by atoms with Gasteiger partial charge in [0.25, 0.3) is 0 Å². The van der Waals surface area contributed by atoms with Gasteiger partial charge in [-0.2, -0.15) is 0 Å². The molecule has 5 aromatic carbocycles. The van der Waals surface area contributed by atoms with E-state index >= 15 is 0 Å². The average molecular weight is 3640 g/mol. The monoisotopic (exact) mass is 3640 g/mol. The summed E-state index contributed by atoms with van der Waals surface area (Å²) in [4.78, 5) is 17.4. The molecule has 99 heteroatoms. The summed E-state index contributed by atoms with van der Waals surface area (Å²) in [6.45, 7) is 7.71. The minimum absolute atomic E-state index is 0.0371. The van der Waals surface area contributed by atoms with E-state index in [1.54, 1.807) is 6.33 Å². The van der Waals surface area contributed by atoms with Crippen LogP contribution < -0.4 is 15.4 Å². The summed E-state index contributed by atoms with van der Waals surface area (Å²) in [7, 11) is 163. The van der Waals surface area contributed by atoms with E-state index in [9.17, 15) is 5.11 Å². The van der Waals surface area contributed by atoms with Gasteiger partial charge in [-0.3, -0.25) is 0 Å². The molecule has 0 radical (unpaired) electrons. The van der Waals surface area contributed by atoms with Crippen molar-refractivity contribution in [3.8, 4) is 34.0 Å². The molecule has 0 aliphatic carbocycles. The second-order valence-corrected chi connectivity index (χ2v) is 399. The Hall–Kier alpha value is 32.6. The van der Waals surface area contributed by atoms with Crippen molar-refractivity contribution in [1.82, 2.24) is 19.9 Å². The number of benzene rings is 5. The van der Waals surface area contributed by atoms with Crippen molar-refractivity contribution in [3.05, 3.63) is 168 Å². The van der Waals surface area contributed by atoms with Crippen LogP contribution in [0.15, 0.2) is 140 Å². The summed E-state index contributed by atoms with van der Waals surface area (Å²) in [5.41, 5.74) is 11.0. The van der Waals surface area contributed by atoms with Gasteiger partial charge in [0, 0.05) is 22.5 Å². The van der Waals surface area contributed by atoms with Gasteiger partial charge in [0.1, 0.15) is 30.6 Å². The molecule has 0 aliphatic rings. The summed E-state index contributed by atoms with van der Waals surface area (Å²) in [6.07, 6.45) is 3.04. The molecule has 8 nitrogen and oxygen atoms in total. The van der Waals surface area contributed by atoms with Crippen molar-refractivity contribution in [2.45, 2.75) is 60.0 Å². The normalized spacial score (nSPS) is 13.5. The van der Waals surface area contributed by atoms with Crippen molar-refractivity contribution in [2.24, 2.45) is 0 Å². The first-order chi connectivity index (χ1) is 68.0. The number of hydrogen-bond donors (Lipinski definition) is 3. The quantitative estimate of drug-likeness (QED) is 0.0324. The van der Waals surface area contributed by atoms with Crippen LogP contribution in [0, 0.1) is 13.8 Å². The first-order valence-electron chi connectivity index (χ1n) is 39.2.